The lowest BCUT2D eigenvalue weighted by Gasteiger charge is -2.23. The molecule has 0 spiro atoms. The number of benzene rings is 1. The molecule has 4 heteroatoms. The highest BCUT2D eigenvalue weighted by molar-refractivity contribution is 9.10. The minimum Gasteiger partial charge on any atom is -0.344 e. The Hall–Kier alpha value is -1.13. The van der Waals surface area contributed by atoms with Gasteiger partial charge in [-0.3, -0.25) is 4.79 Å². The molecule has 1 saturated carbocycles. The van der Waals surface area contributed by atoms with Gasteiger partial charge in [-0.1, -0.05) is 34.8 Å². The summed E-state index contributed by atoms with van der Waals surface area (Å²) in [6, 6.07) is 11.9. The van der Waals surface area contributed by atoms with Gasteiger partial charge in [-0.15, -0.1) is 11.3 Å². The van der Waals surface area contributed by atoms with Crippen molar-refractivity contribution in [3.05, 3.63) is 56.7 Å². The Balaban J connectivity index is 1.77. The second kappa shape index (κ2) is 6.75. The molecule has 1 heterocycles. The summed E-state index contributed by atoms with van der Waals surface area (Å²) in [5.74, 6) is 0.593. The average Bonchev–Trinajstić information content (AvgIpc) is 3.19. The number of thiophene rings is 1. The third kappa shape index (κ3) is 3.55. The van der Waals surface area contributed by atoms with Crippen molar-refractivity contribution < 1.29 is 4.79 Å². The molecular formula is C17H18BrNOS. The van der Waals surface area contributed by atoms with Crippen molar-refractivity contribution in [1.29, 1.82) is 0 Å². The quantitative estimate of drug-likeness (QED) is 0.797. The van der Waals surface area contributed by atoms with Gasteiger partial charge in [0, 0.05) is 14.9 Å². The molecule has 0 bridgehead atoms. The van der Waals surface area contributed by atoms with Crippen molar-refractivity contribution in [2.75, 3.05) is 0 Å². The monoisotopic (exact) mass is 363 g/mol. The van der Waals surface area contributed by atoms with Crippen LogP contribution in [0.4, 0.5) is 0 Å². The Morgan fingerprint density at radius 1 is 1.19 bits per heavy atom. The number of carbonyl (C=O) groups is 1. The van der Waals surface area contributed by atoms with E-state index in [0.717, 1.165) is 10.0 Å². The van der Waals surface area contributed by atoms with Gasteiger partial charge in [-0.25, -0.2) is 0 Å². The van der Waals surface area contributed by atoms with E-state index in [-0.39, 0.29) is 11.9 Å². The maximum Gasteiger partial charge on any atom is 0.251 e. The molecule has 1 atom stereocenters. The fourth-order valence-corrected chi connectivity index (χ4v) is 4.14. The predicted molar refractivity (Wildman–Crippen MR) is 90.6 cm³/mol. The van der Waals surface area contributed by atoms with E-state index in [1.807, 2.05) is 24.3 Å². The van der Waals surface area contributed by atoms with Gasteiger partial charge in [0.2, 0.25) is 0 Å². The number of carbonyl (C=O) groups excluding carboxylic acids is 1. The highest BCUT2D eigenvalue weighted by atomic mass is 79.9. The molecule has 1 fully saturated rings. The first-order valence-electron chi connectivity index (χ1n) is 7.34. The molecule has 3 rings (SSSR count). The fraction of sp³-hybridized carbons (Fsp3) is 0.353. The number of amides is 1. The minimum atomic E-state index is 0.0211. The third-order valence-corrected chi connectivity index (χ3v) is 5.60. The Bertz CT molecular complexity index is 588. The van der Waals surface area contributed by atoms with Crippen LogP contribution in [-0.4, -0.2) is 5.91 Å². The minimum absolute atomic E-state index is 0.0211. The van der Waals surface area contributed by atoms with Crippen LogP contribution in [0.1, 0.15) is 47.0 Å². The summed E-state index contributed by atoms with van der Waals surface area (Å²) in [5, 5.41) is 5.34. The molecule has 110 valence electrons. The van der Waals surface area contributed by atoms with Crippen molar-refractivity contribution in [1.82, 2.24) is 5.32 Å². The maximum absolute atomic E-state index is 12.5. The lowest BCUT2D eigenvalue weighted by molar-refractivity contribution is 0.0923. The zero-order valence-electron chi connectivity index (χ0n) is 11.7. The zero-order valence-corrected chi connectivity index (χ0v) is 14.1. The van der Waals surface area contributed by atoms with E-state index in [2.05, 4.69) is 38.8 Å². The van der Waals surface area contributed by atoms with E-state index in [1.165, 1.54) is 30.6 Å². The van der Waals surface area contributed by atoms with E-state index in [4.69, 9.17) is 0 Å². The van der Waals surface area contributed by atoms with Gasteiger partial charge in [0.25, 0.3) is 5.91 Å². The van der Waals surface area contributed by atoms with Gasteiger partial charge < -0.3 is 5.32 Å². The first-order valence-corrected chi connectivity index (χ1v) is 9.01. The normalized spacial score (nSPS) is 16.8. The number of hydrogen-bond donors (Lipinski definition) is 1. The number of rotatable bonds is 4. The third-order valence-electron chi connectivity index (χ3n) is 4.11. The summed E-state index contributed by atoms with van der Waals surface area (Å²) in [5.41, 5.74) is 0.720. The molecular weight excluding hydrogens is 346 g/mol. The van der Waals surface area contributed by atoms with Crippen molar-refractivity contribution >= 4 is 33.2 Å². The molecule has 0 radical (unpaired) electrons. The van der Waals surface area contributed by atoms with E-state index in [9.17, 15) is 4.79 Å². The van der Waals surface area contributed by atoms with Crippen molar-refractivity contribution in [2.45, 2.75) is 31.7 Å². The summed E-state index contributed by atoms with van der Waals surface area (Å²) < 4.78 is 0.990. The first kappa shape index (κ1) is 14.8. The summed E-state index contributed by atoms with van der Waals surface area (Å²) in [4.78, 5) is 13.8. The summed E-state index contributed by atoms with van der Waals surface area (Å²) in [6.07, 6.45) is 4.98. The van der Waals surface area contributed by atoms with E-state index < -0.39 is 0 Å². The molecule has 21 heavy (non-hydrogen) atoms. The number of nitrogens with one attached hydrogen (secondary N) is 1. The van der Waals surface area contributed by atoms with Crippen LogP contribution in [0.3, 0.4) is 0 Å². The highest BCUT2D eigenvalue weighted by Crippen LogP contribution is 2.37. The van der Waals surface area contributed by atoms with Gasteiger partial charge in [-0.2, -0.15) is 0 Å². The molecule has 1 aliphatic rings. The molecule has 1 amide bonds. The first-order chi connectivity index (χ1) is 10.2. The van der Waals surface area contributed by atoms with Crippen LogP contribution in [0.25, 0.3) is 0 Å². The van der Waals surface area contributed by atoms with Crippen LogP contribution in [-0.2, 0) is 0 Å². The predicted octanol–water partition coefficient (Wildman–Crippen LogP) is 5.17. The van der Waals surface area contributed by atoms with E-state index >= 15 is 0 Å². The molecule has 0 saturated heterocycles. The maximum atomic E-state index is 12.5. The summed E-state index contributed by atoms with van der Waals surface area (Å²) in [6.45, 7) is 0. The molecule has 2 nitrogen and oxygen atoms in total. The van der Waals surface area contributed by atoms with Crippen LogP contribution in [0, 0.1) is 5.92 Å². The molecule has 1 aromatic carbocycles. The number of halogens is 1. The topological polar surface area (TPSA) is 29.1 Å². The van der Waals surface area contributed by atoms with Crippen LogP contribution >= 0.6 is 27.3 Å². The van der Waals surface area contributed by atoms with Crippen LogP contribution in [0.15, 0.2) is 46.3 Å². The van der Waals surface area contributed by atoms with Gasteiger partial charge >= 0.3 is 0 Å². The smallest absolute Gasteiger partial charge is 0.251 e. The Morgan fingerprint density at radius 2 is 1.90 bits per heavy atom. The van der Waals surface area contributed by atoms with Gasteiger partial charge in [0.1, 0.15) is 0 Å². The lowest BCUT2D eigenvalue weighted by Crippen LogP contribution is -2.32. The van der Waals surface area contributed by atoms with Crippen LogP contribution in [0.5, 0.6) is 0 Å². The molecule has 1 unspecified atom stereocenters. The van der Waals surface area contributed by atoms with Crippen LogP contribution < -0.4 is 5.32 Å². The molecule has 0 aliphatic heterocycles. The fourth-order valence-electron chi connectivity index (χ4n) is 3.01. The second-order valence-electron chi connectivity index (χ2n) is 5.52. The zero-order chi connectivity index (χ0) is 14.7. The van der Waals surface area contributed by atoms with E-state index in [0.29, 0.717) is 5.92 Å². The number of hydrogen-bond acceptors (Lipinski definition) is 2. The Morgan fingerprint density at radius 3 is 2.52 bits per heavy atom. The van der Waals surface area contributed by atoms with Crippen LogP contribution in [0.2, 0.25) is 0 Å². The van der Waals surface area contributed by atoms with Crippen molar-refractivity contribution in [3.8, 4) is 0 Å². The molecule has 1 aromatic heterocycles. The van der Waals surface area contributed by atoms with Crippen molar-refractivity contribution in [3.63, 3.8) is 0 Å². The standard InChI is InChI=1S/C17H18BrNOS/c18-14-9-7-13(8-10-14)17(20)19-16(12-4-1-2-5-12)15-6-3-11-21-15/h3,6-12,16H,1-2,4-5H2,(H,19,20). The second-order valence-corrected chi connectivity index (χ2v) is 7.41. The molecule has 1 N–H and O–H groups in total. The Kier molecular flexibility index (Phi) is 4.76. The summed E-state index contributed by atoms with van der Waals surface area (Å²) in [7, 11) is 0. The van der Waals surface area contributed by atoms with Gasteiger partial charge in [0.05, 0.1) is 6.04 Å². The largest absolute Gasteiger partial charge is 0.344 e. The molecule has 2 aromatic rings. The Labute approximate surface area is 137 Å². The van der Waals surface area contributed by atoms with Gasteiger partial charge in [0.15, 0.2) is 0 Å². The summed E-state index contributed by atoms with van der Waals surface area (Å²) >= 11 is 5.14. The highest BCUT2D eigenvalue weighted by Gasteiger charge is 2.28. The average molecular weight is 364 g/mol. The van der Waals surface area contributed by atoms with Gasteiger partial charge in [-0.05, 0) is 54.5 Å². The lowest BCUT2D eigenvalue weighted by atomic mass is 9.96. The SMILES string of the molecule is O=C(NC(c1cccs1)C1CCCC1)c1ccc(Br)cc1. The van der Waals surface area contributed by atoms with Crippen molar-refractivity contribution in [2.24, 2.45) is 5.92 Å². The molecule has 1 aliphatic carbocycles. The van der Waals surface area contributed by atoms with E-state index in [1.54, 1.807) is 11.3 Å².